The first-order chi connectivity index (χ1) is 10.4. The van der Waals surface area contributed by atoms with Crippen LogP contribution in [0, 0.1) is 6.07 Å². The Balaban J connectivity index is 1.73. The molecular formula is C19H13O2. The Morgan fingerprint density at radius 1 is 0.905 bits per heavy atom. The van der Waals surface area contributed by atoms with Crippen LogP contribution in [0.25, 0.3) is 21.5 Å². The molecule has 101 valence electrons. The maximum Gasteiger partial charge on any atom is 0.260 e. The predicted octanol–water partition coefficient (Wildman–Crippen LogP) is 4.60. The summed E-state index contributed by atoms with van der Waals surface area (Å²) >= 11 is 0. The van der Waals surface area contributed by atoms with Gasteiger partial charge in [0.2, 0.25) is 0 Å². The minimum Gasteiger partial charge on any atom is -0.459 e. The minimum absolute atomic E-state index is 0.385. The summed E-state index contributed by atoms with van der Waals surface area (Å²) in [5, 5.41) is 4.63. The van der Waals surface area contributed by atoms with Crippen LogP contribution in [0.2, 0.25) is 0 Å². The van der Waals surface area contributed by atoms with Gasteiger partial charge in [0.1, 0.15) is 5.75 Å². The van der Waals surface area contributed by atoms with E-state index in [4.69, 9.17) is 9.47 Å². The van der Waals surface area contributed by atoms with Gasteiger partial charge in [0, 0.05) is 6.07 Å². The third-order valence-corrected chi connectivity index (χ3v) is 3.50. The van der Waals surface area contributed by atoms with Gasteiger partial charge in [-0.3, -0.25) is 0 Å². The predicted molar refractivity (Wildman–Crippen MR) is 84.1 cm³/mol. The van der Waals surface area contributed by atoms with Gasteiger partial charge in [-0.25, -0.2) is 0 Å². The highest BCUT2D eigenvalue weighted by Crippen LogP contribution is 2.26. The van der Waals surface area contributed by atoms with Crippen LogP contribution in [-0.4, -0.2) is 6.29 Å². The molecular weight excluding hydrogens is 260 g/mol. The summed E-state index contributed by atoms with van der Waals surface area (Å²) in [5.74, 6) is 0.683. The van der Waals surface area contributed by atoms with Crippen LogP contribution < -0.4 is 4.74 Å². The molecule has 1 unspecified atom stereocenters. The molecule has 2 nitrogen and oxygen atoms in total. The molecule has 1 radical (unpaired) electrons. The van der Waals surface area contributed by atoms with Crippen LogP contribution in [0.3, 0.4) is 0 Å². The van der Waals surface area contributed by atoms with Crippen LogP contribution in [0.4, 0.5) is 0 Å². The highest BCUT2D eigenvalue weighted by Gasteiger charge is 2.08. The maximum atomic E-state index is 5.76. The molecule has 0 bridgehead atoms. The molecule has 1 heterocycles. The van der Waals surface area contributed by atoms with E-state index >= 15 is 0 Å². The highest BCUT2D eigenvalue weighted by molar-refractivity contribution is 5.98. The van der Waals surface area contributed by atoms with Crippen LogP contribution in [0.15, 0.2) is 73.0 Å². The summed E-state index contributed by atoms with van der Waals surface area (Å²) < 4.78 is 11.1. The Bertz CT molecular complexity index is 862. The van der Waals surface area contributed by atoms with Crippen LogP contribution in [-0.2, 0) is 4.74 Å². The Labute approximate surface area is 122 Å². The van der Waals surface area contributed by atoms with Crippen molar-refractivity contribution in [3.8, 4) is 5.75 Å². The summed E-state index contributed by atoms with van der Waals surface area (Å²) in [6.45, 7) is 0. The van der Waals surface area contributed by atoms with Gasteiger partial charge >= 0.3 is 0 Å². The van der Waals surface area contributed by atoms with Gasteiger partial charge in [0.15, 0.2) is 0 Å². The first-order valence-electron chi connectivity index (χ1n) is 6.89. The number of allylic oxidation sites excluding steroid dienone is 2. The van der Waals surface area contributed by atoms with Crippen molar-refractivity contribution in [1.82, 2.24) is 0 Å². The quantitative estimate of drug-likeness (QED) is 0.635. The largest absolute Gasteiger partial charge is 0.459 e. The van der Waals surface area contributed by atoms with Crippen molar-refractivity contribution < 1.29 is 9.47 Å². The Kier molecular flexibility index (Phi) is 2.86. The zero-order valence-corrected chi connectivity index (χ0v) is 11.3. The van der Waals surface area contributed by atoms with E-state index in [9.17, 15) is 0 Å². The topological polar surface area (TPSA) is 18.5 Å². The Hall–Kier alpha value is -2.74. The lowest BCUT2D eigenvalue weighted by atomic mass is 10.0. The van der Waals surface area contributed by atoms with Crippen molar-refractivity contribution in [2.45, 2.75) is 6.29 Å². The normalized spacial score (nSPS) is 17.0. The second-order valence-electron chi connectivity index (χ2n) is 4.94. The number of ether oxygens (including phenoxy) is 2. The fourth-order valence-electron chi connectivity index (χ4n) is 2.47. The molecule has 3 aromatic rings. The Morgan fingerprint density at radius 3 is 2.57 bits per heavy atom. The van der Waals surface area contributed by atoms with E-state index < -0.39 is 0 Å². The first-order valence-corrected chi connectivity index (χ1v) is 6.89. The highest BCUT2D eigenvalue weighted by atomic mass is 16.7. The number of hydrogen-bond donors (Lipinski definition) is 0. The van der Waals surface area contributed by atoms with E-state index in [0.29, 0.717) is 5.75 Å². The molecule has 0 fully saturated rings. The summed E-state index contributed by atoms with van der Waals surface area (Å²) in [5.41, 5.74) is 0. The number of fused-ring (bicyclic) bond motifs is 2. The molecule has 1 aliphatic heterocycles. The molecule has 0 spiro atoms. The average molecular weight is 273 g/mol. The summed E-state index contributed by atoms with van der Waals surface area (Å²) in [7, 11) is 0. The number of benzene rings is 3. The summed E-state index contributed by atoms with van der Waals surface area (Å²) in [6, 6.07) is 19.9. The van der Waals surface area contributed by atoms with E-state index in [1.807, 2.05) is 30.4 Å². The van der Waals surface area contributed by atoms with Crippen LogP contribution in [0.1, 0.15) is 0 Å². The monoisotopic (exact) mass is 273 g/mol. The van der Waals surface area contributed by atoms with E-state index in [-0.39, 0.29) is 6.29 Å². The van der Waals surface area contributed by atoms with E-state index in [0.717, 1.165) is 10.8 Å². The van der Waals surface area contributed by atoms with E-state index in [1.165, 1.54) is 10.8 Å². The molecule has 1 aliphatic rings. The van der Waals surface area contributed by atoms with Crippen molar-refractivity contribution in [2.75, 3.05) is 0 Å². The molecule has 0 aromatic heterocycles. The molecule has 4 rings (SSSR count). The first kappa shape index (κ1) is 12.0. The molecule has 0 saturated carbocycles. The van der Waals surface area contributed by atoms with Crippen molar-refractivity contribution in [3.05, 3.63) is 79.1 Å². The van der Waals surface area contributed by atoms with E-state index in [1.54, 1.807) is 6.26 Å². The average Bonchev–Trinajstić information content (AvgIpc) is 2.54. The van der Waals surface area contributed by atoms with E-state index in [2.05, 4.69) is 42.5 Å². The zero-order valence-electron chi connectivity index (χ0n) is 11.3. The second-order valence-corrected chi connectivity index (χ2v) is 4.94. The van der Waals surface area contributed by atoms with Crippen molar-refractivity contribution in [2.24, 2.45) is 0 Å². The molecule has 0 saturated heterocycles. The summed E-state index contributed by atoms with van der Waals surface area (Å²) in [4.78, 5) is 0. The lowest BCUT2D eigenvalue weighted by Gasteiger charge is -2.16. The lowest BCUT2D eigenvalue weighted by Crippen LogP contribution is -2.16. The molecule has 0 N–H and O–H groups in total. The third-order valence-electron chi connectivity index (χ3n) is 3.50. The molecule has 1 atom stereocenters. The van der Waals surface area contributed by atoms with Gasteiger partial charge < -0.3 is 9.47 Å². The van der Waals surface area contributed by atoms with Gasteiger partial charge in [0.05, 0.1) is 6.26 Å². The van der Waals surface area contributed by atoms with Crippen LogP contribution >= 0.6 is 0 Å². The fraction of sp³-hybridized carbons (Fsp3) is 0.0526. The fourth-order valence-corrected chi connectivity index (χ4v) is 2.47. The molecule has 0 aliphatic carbocycles. The smallest absolute Gasteiger partial charge is 0.260 e. The van der Waals surface area contributed by atoms with Crippen molar-refractivity contribution in [1.29, 1.82) is 0 Å². The van der Waals surface area contributed by atoms with Gasteiger partial charge in [-0.2, -0.15) is 0 Å². The second kappa shape index (κ2) is 4.98. The molecule has 0 amide bonds. The Morgan fingerprint density at radius 2 is 1.76 bits per heavy atom. The standard InChI is InChI=1S/C19H13O2/c1-2-6-15-12-17-13-18(21-19-7-3-4-10-20-19)9-8-16(17)11-14(15)5-1/h1-12,19H. The molecule has 2 heteroatoms. The maximum absolute atomic E-state index is 5.76. The van der Waals surface area contributed by atoms with Crippen molar-refractivity contribution in [3.63, 3.8) is 0 Å². The van der Waals surface area contributed by atoms with Crippen LogP contribution in [0.5, 0.6) is 5.75 Å². The van der Waals surface area contributed by atoms with Gasteiger partial charge in [-0.15, -0.1) is 0 Å². The van der Waals surface area contributed by atoms with Gasteiger partial charge in [0.25, 0.3) is 6.29 Å². The number of rotatable bonds is 2. The molecule has 21 heavy (non-hydrogen) atoms. The number of hydrogen-bond acceptors (Lipinski definition) is 2. The third kappa shape index (κ3) is 2.36. The van der Waals surface area contributed by atoms with Gasteiger partial charge in [-0.1, -0.05) is 36.4 Å². The van der Waals surface area contributed by atoms with Crippen molar-refractivity contribution >= 4 is 21.5 Å². The lowest BCUT2D eigenvalue weighted by molar-refractivity contribution is 0.00779. The SMILES string of the molecule is [c]1c(OC2C=CC=CO2)ccc2cc3ccccc3cc12. The van der Waals surface area contributed by atoms with Gasteiger partial charge in [-0.05, 0) is 51.9 Å². The summed E-state index contributed by atoms with van der Waals surface area (Å²) in [6.07, 6.45) is 6.83. The minimum atomic E-state index is -0.385. The zero-order chi connectivity index (χ0) is 14.1. The molecule has 3 aromatic carbocycles.